The fraction of sp³-hybridized carbons (Fsp3) is 0.235. The van der Waals surface area contributed by atoms with Crippen molar-refractivity contribution in [2.24, 2.45) is 5.16 Å². The number of oxime groups is 1. The van der Waals surface area contributed by atoms with Crippen LogP contribution in [-0.2, 0) is 10.4 Å². The molecule has 0 spiro atoms. The van der Waals surface area contributed by atoms with E-state index in [2.05, 4.69) is 5.16 Å². The van der Waals surface area contributed by atoms with Gasteiger partial charge in [0, 0.05) is 39.2 Å². The van der Waals surface area contributed by atoms with Crippen LogP contribution in [0.3, 0.4) is 0 Å². The Labute approximate surface area is 161 Å². The molecule has 142 valence electrons. The van der Waals surface area contributed by atoms with Crippen molar-refractivity contribution in [1.29, 1.82) is 0 Å². The van der Waals surface area contributed by atoms with Crippen molar-refractivity contribution in [3.05, 3.63) is 73.2 Å². The summed E-state index contributed by atoms with van der Waals surface area (Å²) in [5.74, 6) is 0. The van der Waals surface area contributed by atoms with Crippen molar-refractivity contribution in [3.63, 3.8) is 0 Å². The van der Waals surface area contributed by atoms with Crippen LogP contribution in [0.5, 0.6) is 0 Å². The summed E-state index contributed by atoms with van der Waals surface area (Å²) in [4.78, 5) is 15.4. The molecule has 10 heteroatoms. The van der Waals surface area contributed by atoms with Crippen molar-refractivity contribution in [3.8, 4) is 0 Å². The summed E-state index contributed by atoms with van der Waals surface area (Å²) >= 11 is 11.7. The number of rotatable bonds is 3. The van der Waals surface area contributed by atoms with Crippen molar-refractivity contribution in [2.45, 2.75) is 25.1 Å². The van der Waals surface area contributed by atoms with Gasteiger partial charge in [-0.05, 0) is 25.1 Å². The van der Waals surface area contributed by atoms with Gasteiger partial charge in [-0.2, -0.15) is 13.2 Å². The van der Waals surface area contributed by atoms with Gasteiger partial charge in [0.2, 0.25) is 0 Å². The standard InChI is InChI=1S/C17H11Cl2F3N2O3/c1-9-2-3-10(4-15(9)24(25)26)14-8-16(27-23-14,17(20,21)22)11-5-12(18)7-13(19)6-11/h2-7H,8H2,1H3. The molecule has 0 aliphatic carbocycles. The zero-order valence-corrected chi connectivity index (χ0v) is 15.2. The predicted octanol–water partition coefficient (Wildman–Crippen LogP) is 5.79. The fourth-order valence-corrected chi connectivity index (χ4v) is 3.36. The Bertz CT molecular complexity index is 943. The SMILES string of the molecule is Cc1ccc(C2=NOC(c3cc(Cl)cc(Cl)c3)(C(F)(F)F)C2)cc1[N+](=O)[O-]. The highest BCUT2D eigenvalue weighted by Gasteiger charge is 2.62. The van der Waals surface area contributed by atoms with E-state index >= 15 is 0 Å². The minimum atomic E-state index is -4.83. The maximum absolute atomic E-state index is 13.9. The molecule has 0 saturated heterocycles. The number of hydrogen-bond donors (Lipinski definition) is 0. The lowest BCUT2D eigenvalue weighted by molar-refractivity contribution is -0.385. The Kier molecular flexibility index (Phi) is 4.81. The predicted molar refractivity (Wildman–Crippen MR) is 94.3 cm³/mol. The molecule has 0 radical (unpaired) electrons. The molecule has 0 fully saturated rings. The summed E-state index contributed by atoms with van der Waals surface area (Å²) in [6.07, 6.45) is -5.50. The van der Waals surface area contributed by atoms with E-state index in [-0.39, 0.29) is 32.6 Å². The molecule has 2 aromatic carbocycles. The second kappa shape index (κ2) is 6.69. The van der Waals surface area contributed by atoms with Gasteiger partial charge in [0.1, 0.15) is 0 Å². The fourth-order valence-electron chi connectivity index (χ4n) is 2.83. The first kappa shape index (κ1) is 19.4. The van der Waals surface area contributed by atoms with Gasteiger partial charge in [-0.15, -0.1) is 0 Å². The first-order chi connectivity index (χ1) is 12.5. The number of hydrogen-bond acceptors (Lipinski definition) is 4. The molecule has 1 unspecified atom stereocenters. The third-order valence-corrected chi connectivity index (χ3v) is 4.69. The van der Waals surface area contributed by atoms with E-state index in [4.69, 9.17) is 28.0 Å². The average molecular weight is 419 g/mol. The molecule has 1 aliphatic heterocycles. The van der Waals surface area contributed by atoms with Gasteiger partial charge in [-0.25, -0.2) is 0 Å². The number of nitrogens with zero attached hydrogens (tertiary/aromatic N) is 2. The van der Waals surface area contributed by atoms with Gasteiger partial charge in [-0.1, -0.05) is 40.5 Å². The number of benzene rings is 2. The summed E-state index contributed by atoms with van der Waals surface area (Å²) < 4.78 is 41.8. The van der Waals surface area contributed by atoms with Gasteiger partial charge >= 0.3 is 6.18 Å². The smallest absolute Gasteiger partial charge is 0.374 e. The normalized spacial score (nSPS) is 19.6. The minimum Gasteiger partial charge on any atom is -0.374 e. The van der Waals surface area contributed by atoms with Crippen molar-refractivity contribution < 1.29 is 22.9 Å². The molecular formula is C17H11Cl2F3N2O3. The number of aryl methyl sites for hydroxylation is 1. The second-order valence-corrected chi connectivity index (χ2v) is 6.92. The number of alkyl halides is 3. The molecular weight excluding hydrogens is 408 g/mol. The highest BCUT2D eigenvalue weighted by Crippen LogP contribution is 2.49. The Morgan fingerprint density at radius 1 is 1.19 bits per heavy atom. The number of nitro benzene ring substituents is 1. The highest BCUT2D eigenvalue weighted by atomic mass is 35.5. The van der Waals surface area contributed by atoms with Gasteiger partial charge in [-0.3, -0.25) is 10.1 Å². The van der Waals surface area contributed by atoms with Gasteiger partial charge in [0.05, 0.1) is 10.6 Å². The highest BCUT2D eigenvalue weighted by molar-refractivity contribution is 6.34. The Balaban J connectivity index is 2.05. The Morgan fingerprint density at radius 2 is 1.81 bits per heavy atom. The molecule has 3 rings (SSSR count). The largest absolute Gasteiger partial charge is 0.435 e. The third kappa shape index (κ3) is 3.46. The van der Waals surface area contributed by atoms with Crippen LogP contribution in [0.15, 0.2) is 41.6 Å². The summed E-state index contributed by atoms with van der Waals surface area (Å²) in [5.41, 5.74) is -2.81. The van der Waals surface area contributed by atoms with Crippen LogP contribution in [0.1, 0.15) is 23.1 Å². The molecule has 1 aliphatic rings. The number of nitro groups is 1. The van der Waals surface area contributed by atoms with Crippen molar-refractivity contribution >= 4 is 34.6 Å². The van der Waals surface area contributed by atoms with E-state index in [1.165, 1.54) is 31.2 Å². The van der Waals surface area contributed by atoms with Crippen molar-refractivity contribution in [2.75, 3.05) is 0 Å². The Hall–Kier alpha value is -2.32. The summed E-state index contributed by atoms with van der Waals surface area (Å²) in [7, 11) is 0. The molecule has 1 atom stereocenters. The number of halogens is 5. The third-order valence-electron chi connectivity index (χ3n) is 4.25. The summed E-state index contributed by atoms with van der Waals surface area (Å²) in [6, 6.07) is 7.60. The van der Waals surface area contributed by atoms with E-state index < -0.39 is 23.1 Å². The van der Waals surface area contributed by atoms with Crippen LogP contribution in [0.4, 0.5) is 18.9 Å². The van der Waals surface area contributed by atoms with Crippen LogP contribution in [-0.4, -0.2) is 16.8 Å². The van der Waals surface area contributed by atoms with Gasteiger partial charge in [0.25, 0.3) is 11.3 Å². The first-order valence-corrected chi connectivity index (χ1v) is 8.33. The molecule has 0 amide bonds. The van der Waals surface area contributed by atoms with Crippen LogP contribution < -0.4 is 0 Å². The van der Waals surface area contributed by atoms with Crippen LogP contribution in [0, 0.1) is 17.0 Å². The van der Waals surface area contributed by atoms with E-state index in [0.717, 1.165) is 12.1 Å². The lowest BCUT2D eigenvalue weighted by Crippen LogP contribution is -2.42. The maximum Gasteiger partial charge on any atom is 0.435 e. The molecule has 1 heterocycles. The zero-order chi connectivity index (χ0) is 20.0. The van der Waals surface area contributed by atoms with Crippen LogP contribution >= 0.6 is 23.2 Å². The second-order valence-electron chi connectivity index (χ2n) is 6.05. The maximum atomic E-state index is 13.9. The van der Waals surface area contributed by atoms with E-state index in [0.29, 0.717) is 5.56 Å². The summed E-state index contributed by atoms with van der Waals surface area (Å²) in [6.45, 7) is 1.53. The Morgan fingerprint density at radius 3 is 2.37 bits per heavy atom. The molecule has 0 saturated carbocycles. The van der Waals surface area contributed by atoms with E-state index in [1.807, 2.05) is 0 Å². The molecule has 0 bridgehead atoms. The molecule has 0 N–H and O–H groups in total. The molecule has 2 aromatic rings. The topological polar surface area (TPSA) is 64.7 Å². The quantitative estimate of drug-likeness (QED) is 0.467. The van der Waals surface area contributed by atoms with Gasteiger partial charge < -0.3 is 4.84 Å². The van der Waals surface area contributed by atoms with Crippen molar-refractivity contribution in [1.82, 2.24) is 0 Å². The van der Waals surface area contributed by atoms with E-state index in [1.54, 1.807) is 0 Å². The molecule has 0 aromatic heterocycles. The van der Waals surface area contributed by atoms with E-state index in [9.17, 15) is 23.3 Å². The zero-order valence-electron chi connectivity index (χ0n) is 13.7. The molecule has 5 nitrogen and oxygen atoms in total. The lowest BCUT2D eigenvalue weighted by Gasteiger charge is -2.29. The average Bonchev–Trinajstić information content (AvgIpc) is 3.00. The lowest BCUT2D eigenvalue weighted by atomic mass is 9.86. The van der Waals surface area contributed by atoms with Crippen LogP contribution in [0.25, 0.3) is 0 Å². The van der Waals surface area contributed by atoms with Crippen LogP contribution in [0.2, 0.25) is 10.0 Å². The summed E-state index contributed by atoms with van der Waals surface area (Å²) in [5, 5.41) is 14.7. The van der Waals surface area contributed by atoms with Gasteiger partial charge in [0.15, 0.2) is 0 Å². The first-order valence-electron chi connectivity index (χ1n) is 7.57. The minimum absolute atomic E-state index is 0.0177. The molecule has 27 heavy (non-hydrogen) atoms. The monoisotopic (exact) mass is 418 g/mol.